The van der Waals surface area contributed by atoms with Crippen molar-refractivity contribution in [1.29, 1.82) is 5.41 Å². The maximum absolute atomic E-state index is 7.85. The number of nitrogens with two attached hydrogens (primary N) is 1. The van der Waals surface area contributed by atoms with Crippen molar-refractivity contribution in [1.82, 2.24) is 0 Å². The van der Waals surface area contributed by atoms with Crippen molar-refractivity contribution in [3.8, 4) is 0 Å². The topological polar surface area (TPSA) is 65.5 Å². The first-order valence-corrected chi connectivity index (χ1v) is 9.71. The number of nitrogen functional groups attached to an aromatic ring is 1. The van der Waals surface area contributed by atoms with Gasteiger partial charge in [0.25, 0.3) is 0 Å². The van der Waals surface area contributed by atoms with Crippen LogP contribution >= 0.6 is 12.4 Å². The normalized spacial score (nSPS) is 10.8. The lowest BCUT2D eigenvalue weighted by Gasteiger charge is -2.27. The fraction of sp³-hybridized carbons (Fsp3) is 0. The summed E-state index contributed by atoms with van der Waals surface area (Å²) >= 11 is 0. The summed E-state index contributed by atoms with van der Waals surface area (Å²) in [5.74, 6) is 0.781. The van der Waals surface area contributed by atoms with Gasteiger partial charge >= 0.3 is 0 Å². The van der Waals surface area contributed by atoms with Gasteiger partial charge in [-0.2, -0.15) is 0 Å². The van der Waals surface area contributed by atoms with Crippen molar-refractivity contribution >= 4 is 41.1 Å². The summed E-state index contributed by atoms with van der Waals surface area (Å²) in [4.78, 5) is 7.13. The van der Waals surface area contributed by atoms with E-state index in [1.54, 1.807) is 0 Å². The van der Waals surface area contributed by atoms with Crippen molar-refractivity contribution in [3.63, 3.8) is 0 Å². The van der Waals surface area contributed by atoms with Gasteiger partial charge in [-0.25, -0.2) is 4.99 Å². The Labute approximate surface area is 188 Å². The van der Waals surface area contributed by atoms with Gasteiger partial charge in [0.15, 0.2) is 0 Å². The molecule has 3 N–H and O–H groups in total. The van der Waals surface area contributed by atoms with Crippen LogP contribution in [0.15, 0.2) is 120 Å². The van der Waals surface area contributed by atoms with Crippen molar-refractivity contribution in [2.45, 2.75) is 0 Å². The Morgan fingerprint density at radius 3 is 1.65 bits per heavy atom. The van der Waals surface area contributed by atoms with Crippen LogP contribution in [0.5, 0.6) is 0 Å². The number of nitrogens with one attached hydrogen (secondary N) is 1. The summed E-state index contributed by atoms with van der Waals surface area (Å²) in [6.07, 6.45) is 0. The molecular formula is C26H23ClN4. The van der Waals surface area contributed by atoms with E-state index in [0.717, 1.165) is 28.5 Å². The molecule has 4 rings (SSSR count). The third-order valence-electron chi connectivity index (χ3n) is 4.66. The molecule has 4 nitrogen and oxygen atoms in total. The molecule has 0 spiro atoms. The maximum atomic E-state index is 7.85. The van der Waals surface area contributed by atoms with E-state index in [1.807, 2.05) is 91.0 Å². The number of rotatable bonds is 5. The second kappa shape index (κ2) is 10.2. The molecule has 0 aliphatic heterocycles. The molecule has 0 aliphatic rings. The van der Waals surface area contributed by atoms with Crippen LogP contribution in [0.4, 0.5) is 17.1 Å². The van der Waals surface area contributed by atoms with Crippen molar-refractivity contribution in [2.24, 2.45) is 10.7 Å². The van der Waals surface area contributed by atoms with E-state index in [0.29, 0.717) is 5.56 Å². The molecule has 0 amide bonds. The molecular weight excluding hydrogens is 404 g/mol. The highest BCUT2D eigenvalue weighted by molar-refractivity contribution is 6.16. The molecule has 0 atom stereocenters. The number of nitrogens with zero attached hydrogens (tertiary/aromatic N) is 2. The van der Waals surface area contributed by atoms with Crippen LogP contribution in [0.2, 0.25) is 0 Å². The average molecular weight is 427 g/mol. The SMILES string of the molecule is Cl.N=C(N)c1cccc(C(=Nc2ccccc2)N(c2ccccc2)c2ccccc2)c1. The van der Waals surface area contributed by atoms with E-state index in [4.69, 9.17) is 16.1 Å². The zero-order chi connectivity index (χ0) is 20.8. The van der Waals surface area contributed by atoms with Gasteiger partial charge in [0, 0.05) is 22.5 Å². The number of hydrogen-bond acceptors (Lipinski definition) is 2. The summed E-state index contributed by atoms with van der Waals surface area (Å²) in [6.45, 7) is 0. The highest BCUT2D eigenvalue weighted by Gasteiger charge is 2.19. The van der Waals surface area contributed by atoms with E-state index >= 15 is 0 Å². The number of amidine groups is 2. The Morgan fingerprint density at radius 1 is 0.645 bits per heavy atom. The minimum Gasteiger partial charge on any atom is -0.384 e. The first-order chi connectivity index (χ1) is 14.7. The summed E-state index contributed by atoms with van der Waals surface area (Å²) in [6, 6.07) is 37.8. The lowest BCUT2D eigenvalue weighted by molar-refractivity contribution is 1.30. The molecule has 0 saturated carbocycles. The summed E-state index contributed by atoms with van der Waals surface area (Å²) < 4.78 is 0. The smallest absolute Gasteiger partial charge is 0.145 e. The van der Waals surface area contributed by atoms with Crippen LogP contribution in [-0.4, -0.2) is 11.7 Å². The molecule has 154 valence electrons. The molecule has 0 aliphatic carbocycles. The minimum absolute atomic E-state index is 0. The van der Waals surface area contributed by atoms with E-state index < -0.39 is 0 Å². The summed E-state index contributed by atoms with van der Waals surface area (Å²) in [5.41, 5.74) is 10.1. The third-order valence-corrected chi connectivity index (χ3v) is 4.66. The average Bonchev–Trinajstić information content (AvgIpc) is 2.81. The van der Waals surface area contributed by atoms with Gasteiger partial charge in [0.2, 0.25) is 0 Å². The predicted molar refractivity (Wildman–Crippen MR) is 132 cm³/mol. The fourth-order valence-electron chi connectivity index (χ4n) is 3.24. The summed E-state index contributed by atoms with van der Waals surface area (Å²) in [7, 11) is 0. The van der Waals surface area contributed by atoms with Gasteiger partial charge in [-0.3, -0.25) is 10.3 Å². The van der Waals surface area contributed by atoms with Gasteiger partial charge < -0.3 is 5.73 Å². The van der Waals surface area contributed by atoms with Crippen LogP contribution in [0.1, 0.15) is 11.1 Å². The van der Waals surface area contributed by atoms with Crippen LogP contribution < -0.4 is 10.6 Å². The number of hydrogen-bond donors (Lipinski definition) is 2. The lowest BCUT2D eigenvalue weighted by atomic mass is 10.1. The largest absolute Gasteiger partial charge is 0.384 e. The van der Waals surface area contributed by atoms with E-state index in [9.17, 15) is 0 Å². The second-order valence-corrected chi connectivity index (χ2v) is 6.77. The first kappa shape index (κ1) is 21.8. The number of aliphatic imine (C=N–C) groups is 1. The zero-order valence-corrected chi connectivity index (χ0v) is 17.7. The Hall–Kier alpha value is -3.89. The van der Waals surface area contributed by atoms with E-state index in [2.05, 4.69) is 29.2 Å². The van der Waals surface area contributed by atoms with Gasteiger partial charge in [-0.05, 0) is 42.5 Å². The van der Waals surface area contributed by atoms with Crippen molar-refractivity contribution < 1.29 is 0 Å². The van der Waals surface area contributed by atoms with Gasteiger partial charge in [-0.15, -0.1) is 12.4 Å². The second-order valence-electron chi connectivity index (χ2n) is 6.77. The molecule has 0 heterocycles. The molecule has 4 aromatic carbocycles. The highest BCUT2D eigenvalue weighted by Crippen LogP contribution is 2.29. The molecule has 5 heteroatoms. The van der Waals surface area contributed by atoms with Gasteiger partial charge in [-0.1, -0.05) is 72.8 Å². The van der Waals surface area contributed by atoms with Crippen molar-refractivity contribution in [3.05, 3.63) is 126 Å². The quantitative estimate of drug-likeness (QED) is 0.290. The molecule has 0 bridgehead atoms. The fourth-order valence-corrected chi connectivity index (χ4v) is 3.24. The van der Waals surface area contributed by atoms with Crippen LogP contribution in [0, 0.1) is 5.41 Å². The molecule has 4 aromatic rings. The summed E-state index contributed by atoms with van der Waals surface area (Å²) in [5, 5.41) is 7.85. The highest BCUT2D eigenvalue weighted by atomic mass is 35.5. The number of anilines is 2. The molecule has 0 saturated heterocycles. The number of benzene rings is 4. The number of para-hydroxylation sites is 3. The molecule has 0 unspecified atom stereocenters. The maximum Gasteiger partial charge on any atom is 0.145 e. The third kappa shape index (κ3) is 5.18. The molecule has 0 radical (unpaired) electrons. The van der Waals surface area contributed by atoms with Crippen LogP contribution in [0.25, 0.3) is 0 Å². The Bertz CT molecular complexity index is 1120. The zero-order valence-electron chi connectivity index (χ0n) is 16.8. The molecule has 0 aromatic heterocycles. The van der Waals surface area contributed by atoms with Crippen LogP contribution in [0.3, 0.4) is 0 Å². The standard InChI is InChI=1S/C26H22N4.ClH/c27-25(28)20-11-10-12-21(19-20)26(29-22-13-4-1-5-14-22)30(23-15-6-2-7-16-23)24-17-8-3-9-18-24;/h1-19H,(H3,27,28);1H. The Morgan fingerprint density at radius 2 is 1.13 bits per heavy atom. The van der Waals surface area contributed by atoms with Gasteiger partial charge in [0.05, 0.1) is 5.69 Å². The first-order valence-electron chi connectivity index (χ1n) is 9.71. The van der Waals surface area contributed by atoms with E-state index in [1.165, 1.54) is 0 Å². The van der Waals surface area contributed by atoms with Gasteiger partial charge in [0.1, 0.15) is 11.7 Å². The minimum atomic E-state index is 0. The number of halogens is 1. The lowest BCUT2D eigenvalue weighted by Crippen LogP contribution is -2.27. The molecule has 31 heavy (non-hydrogen) atoms. The monoisotopic (exact) mass is 426 g/mol. The van der Waals surface area contributed by atoms with E-state index in [-0.39, 0.29) is 18.2 Å². The Kier molecular flexibility index (Phi) is 7.20. The Balaban J connectivity index is 0.00000272. The van der Waals surface area contributed by atoms with Crippen LogP contribution in [-0.2, 0) is 0 Å². The van der Waals surface area contributed by atoms with Crippen molar-refractivity contribution in [2.75, 3.05) is 4.90 Å². The predicted octanol–water partition coefficient (Wildman–Crippen LogP) is 6.31. The molecule has 0 fully saturated rings.